The molecule has 1 fully saturated rings. The molecule has 1 saturated carbocycles. The largest absolute Gasteiger partial charge is 0.257 e. The lowest BCUT2D eigenvalue weighted by molar-refractivity contribution is 0.533. The van der Waals surface area contributed by atoms with E-state index >= 15 is 0 Å². The molecule has 0 aromatic heterocycles. The lowest BCUT2D eigenvalue weighted by Gasteiger charge is -2.27. The first-order valence-corrected chi connectivity index (χ1v) is 7.40. The smallest absolute Gasteiger partial charge is 0.0856 e. The lowest BCUT2D eigenvalue weighted by Crippen LogP contribution is -2.23. The van der Waals surface area contributed by atoms with Gasteiger partial charge in [0.05, 0.1) is 11.7 Å². The summed E-state index contributed by atoms with van der Waals surface area (Å²) in [6.07, 6.45) is 3.72. The van der Waals surface area contributed by atoms with Crippen LogP contribution >= 0.6 is 0 Å². The molecule has 2 aliphatic rings. The van der Waals surface area contributed by atoms with Gasteiger partial charge in [0.15, 0.2) is 0 Å². The average molecular weight is 262 g/mol. The Bertz CT molecular complexity index is 618. The van der Waals surface area contributed by atoms with Crippen molar-refractivity contribution in [3.05, 3.63) is 66.2 Å². The molecule has 1 aliphatic heterocycles. The Balaban J connectivity index is 1.78. The number of nitrogens with zero attached hydrogens (tertiary/aromatic N) is 2. The molecule has 2 heteroatoms. The number of benzene rings is 2. The monoisotopic (exact) mass is 262 g/mol. The molecule has 1 heterocycles. The van der Waals surface area contributed by atoms with Crippen LogP contribution in [-0.4, -0.2) is 5.71 Å². The highest BCUT2D eigenvalue weighted by Crippen LogP contribution is 2.45. The van der Waals surface area contributed by atoms with Crippen molar-refractivity contribution in [3.63, 3.8) is 0 Å². The molecular formula is C18H18N2. The summed E-state index contributed by atoms with van der Waals surface area (Å²) in [4.78, 5) is 0. The Hall–Kier alpha value is -2.09. The maximum absolute atomic E-state index is 4.93. The molecule has 20 heavy (non-hydrogen) atoms. The molecule has 0 amide bonds. The van der Waals surface area contributed by atoms with Crippen LogP contribution in [0.2, 0.25) is 0 Å². The van der Waals surface area contributed by atoms with E-state index in [0.29, 0.717) is 12.0 Å². The highest BCUT2D eigenvalue weighted by atomic mass is 15.5. The summed E-state index contributed by atoms with van der Waals surface area (Å²) >= 11 is 0. The Labute approximate surface area is 119 Å². The van der Waals surface area contributed by atoms with Crippen molar-refractivity contribution in [2.75, 3.05) is 5.01 Å². The lowest BCUT2D eigenvalue weighted by atomic mass is 9.91. The molecule has 0 unspecified atom stereocenters. The summed E-state index contributed by atoms with van der Waals surface area (Å²) in [5, 5.41) is 7.16. The topological polar surface area (TPSA) is 15.6 Å². The van der Waals surface area contributed by atoms with E-state index in [2.05, 4.69) is 65.7 Å². The first kappa shape index (κ1) is 11.7. The van der Waals surface area contributed by atoms with Gasteiger partial charge in [0, 0.05) is 11.6 Å². The van der Waals surface area contributed by atoms with Gasteiger partial charge in [-0.2, -0.15) is 5.10 Å². The Morgan fingerprint density at radius 2 is 1.60 bits per heavy atom. The van der Waals surface area contributed by atoms with Crippen LogP contribution in [0.4, 0.5) is 5.69 Å². The van der Waals surface area contributed by atoms with Crippen LogP contribution in [0.15, 0.2) is 65.8 Å². The molecule has 4 rings (SSSR count). The number of rotatable bonds is 2. The van der Waals surface area contributed by atoms with E-state index in [1.165, 1.54) is 29.8 Å². The molecule has 100 valence electrons. The normalized spacial score (nSPS) is 24.6. The second-order valence-electron chi connectivity index (χ2n) is 5.63. The van der Waals surface area contributed by atoms with Gasteiger partial charge in [-0.3, -0.25) is 5.01 Å². The van der Waals surface area contributed by atoms with Crippen LogP contribution in [-0.2, 0) is 0 Å². The fraction of sp³-hybridized carbons (Fsp3) is 0.278. The maximum atomic E-state index is 4.93. The summed E-state index contributed by atoms with van der Waals surface area (Å²) in [7, 11) is 0. The highest BCUT2D eigenvalue weighted by molar-refractivity contribution is 5.92. The second-order valence-corrected chi connectivity index (χ2v) is 5.63. The zero-order valence-corrected chi connectivity index (χ0v) is 11.4. The minimum atomic E-state index is 0.371. The SMILES string of the molecule is c1ccc([C@H]2[C@@H]3CCCC3=NN2c2ccccc2)cc1. The number of para-hydroxylation sites is 1. The van der Waals surface area contributed by atoms with Gasteiger partial charge < -0.3 is 0 Å². The Morgan fingerprint density at radius 1 is 0.900 bits per heavy atom. The van der Waals surface area contributed by atoms with Crippen LogP contribution in [0, 0.1) is 5.92 Å². The van der Waals surface area contributed by atoms with Crippen molar-refractivity contribution in [2.24, 2.45) is 11.0 Å². The molecule has 2 aromatic carbocycles. The van der Waals surface area contributed by atoms with Gasteiger partial charge in [-0.25, -0.2) is 0 Å². The van der Waals surface area contributed by atoms with Crippen molar-refractivity contribution in [2.45, 2.75) is 25.3 Å². The molecule has 2 atom stereocenters. The standard InChI is InChI=1S/C18H18N2/c1-3-8-14(9-4-1)18-16-12-7-13-17(16)19-20(18)15-10-5-2-6-11-15/h1-6,8-11,16,18H,7,12-13H2/t16-,18+/m1/s1. The van der Waals surface area contributed by atoms with Gasteiger partial charge in [0.1, 0.15) is 0 Å². The third-order valence-corrected chi connectivity index (χ3v) is 4.42. The average Bonchev–Trinajstić information content (AvgIpc) is 3.09. The van der Waals surface area contributed by atoms with Gasteiger partial charge >= 0.3 is 0 Å². The van der Waals surface area contributed by atoms with E-state index < -0.39 is 0 Å². The second kappa shape index (κ2) is 4.78. The van der Waals surface area contributed by atoms with Crippen LogP contribution in [0.25, 0.3) is 0 Å². The zero-order chi connectivity index (χ0) is 13.4. The molecule has 0 N–H and O–H groups in total. The Morgan fingerprint density at radius 3 is 2.35 bits per heavy atom. The number of hydrogen-bond acceptors (Lipinski definition) is 2. The van der Waals surface area contributed by atoms with E-state index in [9.17, 15) is 0 Å². The van der Waals surface area contributed by atoms with Crippen molar-refractivity contribution < 1.29 is 0 Å². The highest BCUT2D eigenvalue weighted by Gasteiger charge is 2.41. The first-order chi connectivity index (χ1) is 9.93. The van der Waals surface area contributed by atoms with Crippen LogP contribution in [0.1, 0.15) is 30.9 Å². The maximum Gasteiger partial charge on any atom is 0.0856 e. The van der Waals surface area contributed by atoms with E-state index in [0.717, 1.165) is 6.42 Å². The minimum Gasteiger partial charge on any atom is -0.257 e. The molecule has 2 nitrogen and oxygen atoms in total. The van der Waals surface area contributed by atoms with Crippen molar-refractivity contribution in [1.82, 2.24) is 0 Å². The van der Waals surface area contributed by atoms with Gasteiger partial charge in [0.2, 0.25) is 0 Å². The van der Waals surface area contributed by atoms with E-state index in [4.69, 9.17) is 5.10 Å². The fourth-order valence-corrected chi connectivity index (χ4v) is 3.51. The van der Waals surface area contributed by atoms with Gasteiger partial charge in [-0.15, -0.1) is 0 Å². The third-order valence-electron chi connectivity index (χ3n) is 4.42. The summed E-state index contributed by atoms with van der Waals surface area (Å²) in [5.41, 5.74) is 3.97. The molecule has 1 aliphatic carbocycles. The molecule has 2 aromatic rings. The predicted octanol–water partition coefficient (Wildman–Crippen LogP) is 4.40. The number of hydrogen-bond donors (Lipinski definition) is 0. The third kappa shape index (κ3) is 1.83. The van der Waals surface area contributed by atoms with Crippen LogP contribution in [0.5, 0.6) is 0 Å². The van der Waals surface area contributed by atoms with Gasteiger partial charge in [0.25, 0.3) is 0 Å². The molecule has 0 saturated heterocycles. The molecule has 0 spiro atoms. The predicted molar refractivity (Wildman–Crippen MR) is 82.9 cm³/mol. The summed E-state index contributed by atoms with van der Waals surface area (Å²) < 4.78 is 0. The molecular weight excluding hydrogens is 244 g/mol. The summed E-state index contributed by atoms with van der Waals surface area (Å²) in [6.45, 7) is 0. The fourth-order valence-electron chi connectivity index (χ4n) is 3.51. The van der Waals surface area contributed by atoms with Crippen LogP contribution < -0.4 is 5.01 Å². The van der Waals surface area contributed by atoms with Crippen molar-refractivity contribution in [3.8, 4) is 0 Å². The van der Waals surface area contributed by atoms with E-state index in [-0.39, 0.29) is 0 Å². The number of fused-ring (bicyclic) bond motifs is 1. The van der Waals surface area contributed by atoms with Crippen molar-refractivity contribution in [1.29, 1.82) is 0 Å². The quantitative estimate of drug-likeness (QED) is 0.783. The van der Waals surface area contributed by atoms with Gasteiger partial charge in [-0.1, -0.05) is 48.5 Å². The molecule has 0 bridgehead atoms. The number of anilines is 1. The minimum absolute atomic E-state index is 0.371. The summed E-state index contributed by atoms with van der Waals surface area (Å²) in [6, 6.07) is 21.7. The zero-order valence-electron chi connectivity index (χ0n) is 11.4. The van der Waals surface area contributed by atoms with Crippen LogP contribution in [0.3, 0.4) is 0 Å². The Kier molecular flexibility index (Phi) is 2.80. The summed E-state index contributed by atoms with van der Waals surface area (Å²) in [5.74, 6) is 0.595. The first-order valence-electron chi connectivity index (χ1n) is 7.40. The van der Waals surface area contributed by atoms with Gasteiger partial charge in [-0.05, 0) is 37.0 Å². The molecule has 0 radical (unpaired) electrons. The van der Waals surface area contributed by atoms with Crippen molar-refractivity contribution >= 4 is 11.4 Å². The van der Waals surface area contributed by atoms with E-state index in [1.807, 2.05) is 0 Å². The number of hydrazone groups is 1. The van der Waals surface area contributed by atoms with E-state index in [1.54, 1.807) is 0 Å².